The van der Waals surface area contributed by atoms with Crippen LogP contribution in [-0.2, 0) is 6.61 Å². The van der Waals surface area contributed by atoms with E-state index < -0.39 is 0 Å². The number of benzene rings is 3. The van der Waals surface area contributed by atoms with Crippen molar-refractivity contribution in [2.24, 2.45) is 0 Å². The van der Waals surface area contributed by atoms with Crippen molar-refractivity contribution >= 4 is 11.9 Å². The molecule has 0 aromatic heterocycles. The largest absolute Gasteiger partial charge is 0.496 e. The van der Waals surface area contributed by atoms with Crippen LogP contribution in [0.5, 0.6) is 17.2 Å². The fourth-order valence-corrected chi connectivity index (χ4v) is 3.38. The lowest BCUT2D eigenvalue weighted by Gasteiger charge is -2.12. The number of hydrogen-bond acceptors (Lipinski definition) is 4. The maximum atomic E-state index is 12.8. The zero-order valence-electron chi connectivity index (χ0n) is 16.7. The number of para-hydroxylation sites is 1. The Morgan fingerprint density at radius 1 is 0.931 bits per heavy atom. The van der Waals surface area contributed by atoms with Gasteiger partial charge in [0.1, 0.15) is 23.9 Å². The third kappa shape index (κ3) is 3.61. The van der Waals surface area contributed by atoms with Gasteiger partial charge in [0.15, 0.2) is 5.76 Å². The predicted octanol–water partition coefficient (Wildman–Crippen LogP) is 5.51. The molecule has 0 spiro atoms. The Morgan fingerprint density at radius 2 is 1.69 bits per heavy atom. The summed E-state index contributed by atoms with van der Waals surface area (Å²) in [6.45, 7) is 4.43. The molecule has 1 heterocycles. The van der Waals surface area contributed by atoms with Gasteiger partial charge in [0.2, 0.25) is 5.78 Å². The normalized spacial score (nSPS) is 13.9. The highest BCUT2D eigenvalue weighted by Crippen LogP contribution is 2.40. The molecule has 0 atom stereocenters. The monoisotopic (exact) mass is 386 g/mol. The molecular weight excluding hydrogens is 364 g/mol. The summed E-state index contributed by atoms with van der Waals surface area (Å²) in [6.07, 6.45) is 1.72. The van der Waals surface area contributed by atoms with Crippen LogP contribution in [0.25, 0.3) is 6.08 Å². The zero-order chi connectivity index (χ0) is 20.4. The highest BCUT2D eigenvalue weighted by molar-refractivity contribution is 6.15. The number of ether oxygens (including phenoxy) is 3. The number of carbonyl (C=O) groups is 1. The van der Waals surface area contributed by atoms with Crippen molar-refractivity contribution < 1.29 is 19.0 Å². The first-order valence-corrected chi connectivity index (χ1v) is 9.46. The molecule has 1 aliphatic heterocycles. The fourth-order valence-electron chi connectivity index (χ4n) is 3.38. The van der Waals surface area contributed by atoms with Gasteiger partial charge in [0.05, 0.1) is 12.7 Å². The standard InChI is InChI=1S/C25H22O4/c1-16-8-4-5-10-19(16)15-28-21-13-12-20-24(26)23(29-25(20)17(21)2)14-18-9-6-7-11-22(18)27-3/h4-14H,15H2,1-3H3/b23-14-. The molecule has 29 heavy (non-hydrogen) atoms. The Bertz CT molecular complexity index is 1110. The number of aryl methyl sites for hydroxylation is 1. The van der Waals surface area contributed by atoms with Crippen molar-refractivity contribution in [3.8, 4) is 17.2 Å². The highest BCUT2D eigenvalue weighted by atomic mass is 16.5. The van der Waals surface area contributed by atoms with Gasteiger partial charge in [-0.3, -0.25) is 4.79 Å². The van der Waals surface area contributed by atoms with Gasteiger partial charge in [-0.15, -0.1) is 0 Å². The summed E-state index contributed by atoms with van der Waals surface area (Å²) in [5.41, 5.74) is 4.46. The van der Waals surface area contributed by atoms with Crippen LogP contribution in [-0.4, -0.2) is 12.9 Å². The smallest absolute Gasteiger partial charge is 0.231 e. The number of ketones is 1. The van der Waals surface area contributed by atoms with E-state index in [1.807, 2.05) is 55.5 Å². The van der Waals surface area contributed by atoms with Crippen molar-refractivity contribution in [3.05, 3.63) is 94.2 Å². The van der Waals surface area contributed by atoms with Gasteiger partial charge in [-0.2, -0.15) is 0 Å². The lowest BCUT2D eigenvalue weighted by atomic mass is 10.1. The van der Waals surface area contributed by atoms with Gasteiger partial charge < -0.3 is 14.2 Å². The van der Waals surface area contributed by atoms with E-state index in [4.69, 9.17) is 14.2 Å². The summed E-state index contributed by atoms with van der Waals surface area (Å²) >= 11 is 0. The van der Waals surface area contributed by atoms with E-state index >= 15 is 0 Å². The van der Waals surface area contributed by atoms with Crippen LogP contribution >= 0.6 is 0 Å². The molecule has 0 saturated heterocycles. The maximum absolute atomic E-state index is 12.8. The maximum Gasteiger partial charge on any atom is 0.231 e. The molecule has 3 aromatic rings. The zero-order valence-corrected chi connectivity index (χ0v) is 16.7. The molecule has 0 fully saturated rings. The van der Waals surface area contributed by atoms with Gasteiger partial charge in [0, 0.05) is 11.1 Å². The van der Waals surface area contributed by atoms with E-state index in [1.165, 1.54) is 5.56 Å². The average molecular weight is 386 g/mol. The SMILES string of the molecule is COc1ccccc1/C=C1\Oc2c(ccc(OCc3ccccc3C)c2C)C1=O. The molecule has 4 heteroatoms. The number of hydrogen-bond donors (Lipinski definition) is 0. The van der Waals surface area contributed by atoms with Crippen molar-refractivity contribution in [1.82, 2.24) is 0 Å². The van der Waals surface area contributed by atoms with Gasteiger partial charge in [-0.25, -0.2) is 0 Å². The van der Waals surface area contributed by atoms with Crippen LogP contribution in [0.1, 0.15) is 32.6 Å². The minimum atomic E-state index is -0.139. The topological polar surface area (TPSA) is 44.8 Å². The molecule has 0 bridgehead atoms. The average Bonchev–Trinajstić information content (AvgIpc) is 3.05. The second kappa shape index (κ2) is 7.84. The lowest BCUT2D eigenvalue weighted by molar-refractivity contribution is 0.101. The number of Topliss-reactive ketones (excluding diaryl/α,β-unsaturated/α-hetero) is 1. The summed E-state index contributed by atoms with van der Waals surface area (Å²) in [7, 11) is 1.60. The third-order valence-electron chi connectivity index (χ3n) is 5.11. The van der Waals surface area contributed by atoms with E-state index in [1.54, 1.807) is 19.3 Å². The quantitative estimate of drug-likeness (QED) is 0.543. The Labute approximate surface area is 170 Å². The van der Waals surface area contributed by atoms with Gasteiger partial charge in [-0.05, 0) is 49.2 Å². The van der Waals surface area contributed by atoms with Crippen LogP contribution in [0.2, 0.25) is 0 Å². The summed E-state index contributed by atoms with van der Waals surface area (Å²) in [4.78, 5) is 12.8. The number of carbonyl (C=O) groups excluding carboxylic acids is 1. The third-order valence-corrected chi connectivity index (χ3v) is 5.11. The minimum Gasteiger partial charge on any atom is -0.496 e. The summed E-state index contributed by atoms with van der Waals surface area (Å²) in [5, 5.41) is 0. The van der Waals surface area contributed by atoms with E-state index in [2.05, 4.69) is 13.0 Å². The predicted molar refractivity (Wildman–Crippen MR) is 113 cm³/mol. The Hall–Kier alpha value is -3.53. The van der Waals surface area contributed by atoms with Crippen molar-refractivity contribution in [2.45, 2.75) is 20.5 Å². The second-order valence-corrected chi connectivity index (χ2v) is 6.96. The molecule has 0 amide bonds. The molecule has 3 aromatic carbocycles. The Kier molecular flexibility index (Phi) is 5.09. The fraction of sp³-hybridized carbons (Fsp3) is 0.160. The molecule has 1 aliphatic rings. The highest BCUT2D eigenvalue weighted by Gasteiger charge is 2.30. The van der Waals surface area contributed by atoms with Crippen LogP contribution in [0, 0.1) is 13.8 Å². The first-order chi connectivity index (χ1) is 14.1. The van der Waals surface area contributed by atoms with Gasteiger partial charge >= 0.3 is 0 Å². The number of rotatable bonds is 5. The van der Waals surface area contributed by atoms with Crippen LogP contribution in [0.15, 0.2) is 66.4 Å². The molecule has 4 nitrogen and oxygen atoms in total. The van der Waals surface area contributed by atoms with E-state index in [0.717, 1.165) is 16.7 Å². The van der Waals surface area contributed by atoms with E-state index in [-0.39, 0.29) is 11.5 Å². The molecule has 0 radical (unpaired) electrons. The molecule has 0 saturated carbocycles. The summed E-state index contributed by atoms with van der Waals surface area (Å²) in [6, 6.07) is 19.2. The molecule has 0 unspecified atom stereocenters. The molecule has 0 N–H and O–H groups in total. The summed E-state index contributed by atoms with van der Waals surface area (Å²) in [5.74, 6) is 2.09. The van der Waals surface area contributed by atoms with E-state index in [0.29, 0.717) is 29.4 Å². The minimum absolute atomic E-state index is 0.139. The van der Waals surface area contributed by atoms with Crippen LogP contribution in [0.3, 0.4) is 0 Å². The van der Waals surface area contributed by atoms with Crippen LogP contribution < -0.4 is 14.2 Å². The number of allylic oxidation sites excluding steroid dienone is 1. The van der Waals surface area contributed by atoms with Crippen molar-refractivity contribution in [3.63, 3.8) is 0 Å². The van der Waals surface area contributed by atoms with Crippen LogP contribution in [0.4, 0.5) is 0 Å². The Morgan fingerprint density at radius 3 is 2.48 bits per heavy atom. The second-order valence-electron chi connectivity index (χ2n) is 6.96. The molecule has 0 aliphatic carbocycles. The first-order valence-electron chi connectivity index (χ1n) is 9.46. The van der Waals surface area contributed by atoms with Crippen molar-refractivity contribution in [2.75, 3.05) is 7.11 Å². The number of methoxy groups -OCH3 is 1. The number of fused-ring (bicyclic) bond motifs is 1. The molecular formula is C25H22O4. The van der Waals surface area contributed by atoms with Gasteiger partial charge in [0.25, 0.3) is 0 Å². The van der Waals surface area contributed by atoms with E-state index in [9.17, 15) is 4.79 Å². The van der Waals surface area contributed by atoms with Crippen molar-refractivity contribution in [1.29, 1.82) is 0 Å². The molecule has 146 valence electrons. The lowest BCUT2D eigenvalue weighted by Crippen LogP contribution is -2.00. The van der Waals surface area contributed by atoms with Gasteiger partial charge in [-0.1, -0.05) is 42.5 Å². The summed E-state index contributed by atoms with van der Waals surface area (Å²) < 4.78 is 17.3. The first kappa shape index (κ1) is 18.8. The Balaban J connectivity index is 1.60. The molecule has 4 rings (SSSR count).